The summed E-state index contributed by atoms with van der Waals surface area (Å²) < 4.78 is 5.41. The van der Waals surface area contributed by atoms with E-state index in [1.54, 1.807) is 0 Å². The van der Waals surface area contributed by atoms with Gasteiger partial charge in [0, 0.05) is 6.42 Å². The van der Waals surface area contributed by atoms with Gasteiger partial charge in [-0.2, -0.15) is 0 Å². The largest absolute Gasteiger partial charge is 0.460 e. The SMILES string of the molecule is O=C1CC[C@H]2OC(=O)[C@]1(CCCc1ccccc1)C2I. The Bertz CT molecular complexity index is 518. The molecule has 0 N–H and O–H groups in total. The number of carbonyl (C=O) groups excluding carboxylic acids is 2. The maximum atomic E-state index is 12.3. The van der Waals surface area contributed by atoms with Crippen LogP contribution in [0.25, 0.3) is 0 Å². The summed E-state index contributed by atoms with van der Waals surface area (Å²) >= 11 is 2.24. The Morgan fingerprint density at radius 2 is 2.00 bits per heavy atom. The molecule has 3 rings (SSSR count). The molecule has 1 aromatic carbocycles. The summed E-state index contributed by atoms with van der Waals surface area (Å²) in [4.78, 5) is 24.5. The van der Waals surface area contributed by atoms with Crippen molar-refractivity contribution in [3.63, 3.8) is 0 Å². The van der Waals surface area contributed by atoms with E-state index in [2.05, 4.69) is 34.7 Å². The maximum Gasteiger partial charge on any atom is 0.321 e. The van der Waals surface area contributed by atoms with E-state index >= 15 is 0 Å². The average Bonchev–Trinajstić information content (AvgIpc) is 2.61. The Morgan fingerprint density at radius 3 is 2.75 bits per heavy atom. The van der Waals surface area contributed by atoms with Crippen LogP contribution in [0.2, 0.25) is 0 Å². The van der Waals surface area contributed by atoms with Gasteiger partial charge in [-0.1, -0.05) is 52.9 Å². The van der Waals surface area contributed by atoms with Crippen LogP contribution in [0, 0.1) is 5.41 Å². The second kappa shape index (κ2) is 5.47. The van der Waals surface area contributed by atoms with Gasteiger partial charge in [0.2, 0.25) is 0 Å². The third-order valence-electron chi connectivity index (χ3n) is 4.45. The van der Waals surface area contributed by atoms with Gasteiger partial charge in [0.25, 0.3) is 0 Å². The van der Waals surface area contributed by atoms with Crippen molar-refractivity contribution in [1.29, 1.82) is 0 Å². The first-order chi connectivity index (χ1) is 9.64. The zero-order chi connectivity index (χ0) is 14.2. The summed E-state index contributed by atoms with van der Waals surface area (Å²) in [7, 11) is 0. The van der Waals surface area contributed by atoms with Gasteiger partial charge >= 0.3 is 5.97 Å². The molecule has 1 aliphatic carbocycles. The van der Waals surface area contributed by atoms with Crippen molar-refractivity contribution in [3.05, 3.63) is 35.9 Å². The molecular formula is C16H17IO3. The van der Waals surface area contributed by atoms with E-state index in [-0.39, 0.29) is 21.8 Å². The molecule has 2 bridgehead atoms. The van der Waals surface area contributed by atoms with E-state index in [0.29, 0.717) is 19.3 Å². The van der Waals surface area contributed by atoms with Gasteiger partial charge in [0.05, 0.1) is 3.92 Å². The smallest absolute Gasteiger partial charge is 0.321 e. The molecule has 0 aromatic heterocycles. The molecule has 1 aliphatic heterocycles. The quantitative estimate of drug-likeness (QED) is 0.347. The lowest BCUT2D eigenvalue weighted by Crippen LogP contribution is -2.46. The van der Waals surface area contributed by atoms with E-state index in [4.69, 9.17) is 4.74 Å². The first-order valence-corrected chi connectivity index (χ1v) is 8.31. The van der Waals surface area contributed by atoms with Gasteiger partial charge < -0.3 is 4.74 Å². The van der Waals surface area contributed by atoms with Crippen LogP contribution in [0.1, 0.15) is 31.2 Å². The van der Waals surface area contributed by atoms with Crippen molar-refractivity contribution in [2.75, 3.05) is 0 Å². The number of alkyl halides is 1. The fraction of sp³-hybridized carbons (Fsp3) is 0.500. The number of ketones is 1. The van der Waals surface area contributed by atoms with Gasteiger partial charge in [0.15, 0.2) is 5.78 Å². The number of aryl methyl sites for hydroxylation is 1. The van der Waals surface area contributed by atoms with Crippen LogP contribution in [0.5, 0.6) is 0 Å². The summed E-state index contributed by atoms with van der Waals surface area (Å²) in [6, 6.07) is 10.2. The normalized spacial score (nSPS) is 32.2. The molecule has 106 valence electrons. The van der Waals surface area contributed by atoms with Crippen LogP contribution in [-0.2, 0) is 20.7 Å². The van der Waals surface area contributed by atoms with Crippen molar-refractivity contribution in [3.8, 4) is 0 Å². The number of fused-ring (bicyclic) bond motifs is 2. The lowest BCUT2D eigenvalue weighted by molar-refractivity contribution is -0.151. The minimum Gasteiger partial charge on any atom is -0.460 e. The van der Waals surface area contributed by atoms with Gasteiger partial charge in [-0.3, -0.25) is 9.59 Å². The van der Waals surface area contributed by atoms with E-state index in [1.165, 1.54) is 5.56 Å². The minimum absolute atomic E-state index is 0.00428. The lowest BCUT2D eigenvalue weighted by Gasteiger charge is -2.31. The summed E-state index contributed by atoms with van der Waals surface area (Å²) in [6.45, 7) is 0. The number of carbonyl (C=O) groups is 2. The predicted octanol–water partition coefficient (Wildman–Crippen LogP) is 3.09. The molecule has 1 saturated heterocycles. The summed E-state index contributed by atoms with van der Waals surface area (Å²) in [6.07, 6.45) is 3.48. The molecule has 1 saturated carbocycles. The number of esters is 1. The number of ether oxygens (including phenoxy) is 1. The standard InChI is InChI=1S/C16H17IO3/c17-14-12-8-9-13(18)16(14,15(19)20-12)10-4-7-11-5-2-1-3-6-11/h1-3,5-6,12,14H,4,7-10H2/t12-,14?,16+/m1/s1. The first kappa shape index (κ1) is 14.0. The monoisotopic (exact) mass is 384 g/mol. The number of Topliss-reactive ketones (excluding diaryl/α,β-unsaturated/α-hetero) is 1. The molecule has 0 amide bonds. The molecule has 0 spiro atoms. The summed E-state index contributed by atoms with van der Waals surface area (Å²) in [5.41, 5.74) is 0.387. The van der Waals surface area contributed by atoms with Crippen LogP contribution in [0.3, 0.4) is 0 Å². The fourth-order valence-electron chi connectivity index (χ4n) is 3.30. The molecule has 1 heterocycles. The van der Waals surface area contributed by atoms with E-state index in [1.807, 2.05) is 18.2 Å². The zero-order valence-electron chi connectivity index (χ0n) is 11.2. The summed E-state index contributed by atoms with van der Waals surface area (Å²) in [5.74, 6) is -0.193. The Hall–Kier alpha value is -0.910. The average molecular weight is 384 g/mol. The molecule has 4 heteroatoms. The number of benzene rings is 1. The molecule has 2 fully saturated rings. The zero-order valence-corrected chi connectivity index (χ0v) is 13.3. The van der Waals surface area contributed by atoms with Gasteiger partial charge in [0.1, 0.15) is 11.5 Å². The predicted molar refractivity (Wildman–Crippen MR) is 83.7 cm³/mol. The van der Waals surface area contributed by atoms with Gasteiger partial charge in [-0.25, -0.2) is 0 Å². The molecule has 3 atom stereocenters. The molecular weight excluding hydrogens is 367 g/mol. The van der Waals surface area contributed by atoms with Gasteiger partial charge in [-0.05, 0) is 31.2 Å². The molecule has 20 heavy (non-hydrogen) atoms. The van der Waals surface area contributed by atoms with E-state index < -0.39 is 5.41 Å². The Kier molecular flexibility index (Phi) is 3.84. The Labute approximate surface area is 132 Å². The number of halogens is 1. The van der Waals surface area contributed by atoms with Crippen molar-refractivity contribution in [1.82, 2.24) is 0 Å². The maximum absolute atomic E-state index is 12.3. The Morgan fingerprint density at radius 1 is 1.25 bits per heavy atom. The molecule has 0 radical (unpaired) electrons. The third-order valence-corrected chi connectivity index (χ3v) is 6.32. The van der Waals surface area contributed by atoms with Crippen LogP contribution < -0.4 is 0 Å². The molecule has 1 aromatic rings. The number of hydrogen-bond donors (Lipinski definition) is 0. The minimum atomic E-state index is -0.863. The highest BCUT2D eigenvalue weighted by Gasteiger charge is 2.62. The topological polar surface area (TPSA) is 43.4 Å². The highest BCUT2D eigenvalue weighted by molar-refractivity contribution is 14.1. The van der Waals surface area contributed by atoms with Crippen molar-refractivity contribution in [2.24, 2.45) is 5.41 Å². The first-order valence-electron chi connectivity index (χ1n) is 7.07. The highest BCUT2D eigenvalue weighted by Crippen LogP contribution is 2.49. The van der Waals surface area contributed by atoms with Gasteiger partial charge in [-0.15, -0.1) is 0 Å². The Balaban J connectivity index is 1.71. The van der Waals surface area contributed by atoms with Crippen LogP contribution in [0.15, 0.2) is 30.3 Å². The van der Waals surface area contributed by atoms with Crippen LogP contribution in [0.4, 0.5) is 0 Å². The highest BCUT2D eigenvalue weighted by atomic mass is 127. The number of rotatable bonds is 4. The second-order valence-electron chi connectivity index (χ2n) is 5.62. The van der Waals surface area contributed by atoms with Crippen molar-refractivity contribution >= 4 is 34.3 Å². The van der Waals surface area contributed by atoms with Crippen molar-refractivity contribution < 1.29 is 14.3 Å². The van der Waals surface area contributed by atoms with E-state index in [9.17, 15) is 9.59 Å². The molecule has 1 unspecified atom stereocenters. The van der Waals surface area contributed by atoms with Crippen LogP contribution >= 0.6 is 22.6 Å². The molecule has 3 nitrogen and oxygen atoms in total. The van der Waals surface area contributed by atoms with E-state index in [0.717, 1.165) is 12.8 Å². The third kappa shape index (κ3) is 2.18. The summed E-state index contributed by atoms with van der Waals surface area (Å²) in [5, 5.41) is 0. The van der Waals surface area contributed by atoms with Crippen molar-refractivity contribution in [2.45, 2.75) is 42.1 Å². The number of hydrogen-bond acceptors (Lipinski definition) is 3. The molecule has 2 aliphatic rings. The fourth-order valence-corrected chi connectivity index (χ4v) is 4.72. The van der Waals surface area contributed by atoms with Crippen LogP contribution in [-0.4, -0.2) is 21.8 Å². The lowest BCUT2D eigenvalue weighted by atomic mass is 9.71. The second-order valence-corrected chi connectivity index (χ2v) is 6.96.